The van der Waals surface area contributed by atoms with Gasteiger partial charge in [0.1, 0.15) is 12.4 Å². The van der Waals surface area contributed by atoms with Crippen LogP contribution in [0, 0.1) is 0 Å². The van der Waals surface area contributed by atoms with E-state index in [0.29, 0.717) is 30.3 Å². The van der Waals surface area contributed by atoms with Crippen molar-refractivity contribution < 1.29 is 13.9 Å². The molecule has 0 bridgehead atoms. The Morgan fingerprint density at radius 3 is 2.95 bits per heavy atom. The zero-order valence-electron chi connectivity index (χ0n) is 11.3. The van der Waals surface area contributed by atoms with Crippen LogP contribution in [0.2, 0.25) is 5.02 Å². The molecule has 1 amide bonds. The average molecular weight is 373 g/mol. The second-order valence-electron chi connectivity index (χ2n) is 4.40. The van der Waals surface area contributed by atoms with Crippen molar-refractivity contribution in [3.05, 3.63) is 57.4 Å². The Morgan fingerprint density at radius 2 is 2.24 bits per heavy atom. The first-order valence-electron chi connectivity index (χ1n) is 6.49. The van der Waals surface area contributed by atoms with Crippen LogP contribution in [0.1, 0.15) is 22.5 Å². The molecule has 1 N–H and O–H groups in total. The number of amides is 1. The molecule has 0 atom stereocenters. The molecule has 0 aliphatic rings. The number of ether oxygens (including phenoxy) is 1. The van der Waals surface area contributed by atoms with E-state index in [0.717, 1.165) is 16.7 Å². The van der Waals surface area contributed by atoms with Crippen LogP contribution in [0.25, 0.3) is 0 Å². The van der Waals surface area contributed by atoms with Crippen molar-refractivity contribution in [3.63, 3.8) is 0 Å². The maximum absolute atomic E-state index is 11.9. The van der Waals surface area contributed by atoms with Crippen LogP contribution in [-0.4, -0.2) is 19.1 Å². The van der Waals surface area contributed by atoms with E-state index in [1.165, 1.54) is 0 Å². The van der Waals surface area contributed by atoms with Gasteiger partial charge in [-0.25, -0.2) is 0 Å². The summed E-state index contributed by atoms with van der Waals surface area (Å²) in [5, 5.41) is 3.35. The van der Waals surface area contributed by atoms with Crippen LogP contribution in [0.15, 0.2) is 45.5 Å². The van der Waals surface area contributed by atoms with E-state index in [1.54, 1.807) is 24.5 Å². The topological polar surface area (TPSA) is 51.5 Å². The molecule has 4 nitrogen and oxygen atoms in total. The summed E-state index contributed by atoms with van der Waals surface area (Å²) in [6.07, 6.45) is 2.34. The third-order valence-corrected chi connectivity index (χ3v) is 3.38. The lowest BCUT2D eigenvalue weighted by Crippen LogP contribution is -2.25. The average Bonchev–Trinajstić information content (AvgIpc) is 2.94. The number of nitrogens with one attached hydrogen (secondary N) is 1. The van der Waals surface area contributed by atoms with Gasteiger partial charge in [0.05, 0.1) is 6.26 Å². The summed E-state index contributed by atoms with van der Waals surface area (Å²) in [4.78, 5) is 11.9. The smallest absolute Gasteiger partial charge is 0.251 e. The maximum Gasteiger partial charge on any atom is 0.251 e. The molecule has 0 aliphatic heterocycles. The third-order valence-electron chi connectivity index (χ3n) is 2.70. The van der Waals surface area contributed by atoms with Crippen LogP contribution < -0.4 is 5.32 Å². The van der Waals surface area contributed by atoms with Gasteiger partial charge in [-0.1, -0.05) is 27.5 Å². The highest BCUT2D eigenvalue weighted by atomic mass is 79.9. The van der Waals surface area contributed by atoms with E-state index in [9.17, 15) is 4.79 Å². The van der Waals surface area contributed by atoms with Crippen molar-refractivity contribution in [2.75, 3.05) is 13.2 Å². The molecule has 0 radical (unpaired) electrons. The standard InChI is InChI=1S/C15H15BrClNO3/c16-12-7-11(8-13(17)9-12)15(19)18-4-2-5-20-10-14-3-1-6-21-14/h1,3,6-9H,2,4-5,10H2,(H,18,19). The SMILES string of the molecule is O=C(NCCCOCc1ccco1)c1cc(Cl)cc(Br)c1. The largest absolute Gasteiger partial charge is 0.467 e. The number of halogens is 2. The van der Waals surface area contributed by atoms with Gasteiger partial charge in [0.15, 0.2) is 0 Å². The molecular formula is C15H15BrClNO3. The molecule has 1 aromatic heterocycles. The summed E-state index contributed by atoms with van der Waals surface area (Å²) in [7, 11) is 0. The lowest BCUT2D eigenvalue weighted by Gasteiger charge is -2.06. The molecule has 1 heterocycles. The van der Waals surface area contributed by atoms with Crippen LogP contribution in [0.5, 0.6) is 0 Å². The summed E-state index contributed by atoms with van der Waals surface area (Å²) in [6.45, 7) is 1.55. The molecule has 21 heavy (non-hydrogen) atoms. The Labute approximate surface area is 136 Å². The summed E-state index contributed by atoms with van der Waals surface area (Å²) in [6, 6.07) is 8.78. The molecule has 2 aromatic rings. The fourth-order valence-corrected chi connectivity index (χ4v) is 2.59. The molecular weight excluding hydrogens is 358 g/mol. The number of carbonyl (C=O) groups excluding carboxylic acids is 1. The van der Waals surface area contributed by atoms with Crippen LogP contribution in [0.3, 0.4) is 0 Å². The van der Waals surface area contributed by atoms with Crippen molar-refractivity contribution in [3.8, 4) is 0 Å². The van der Waals surface area contributed by atoms with Crippen molar-refractivity contribution in [2.24, 2.45) is 0 Å². The minimum absolute atomic E-state index is 0.149. The summed E-state index contributed by atoms with van der Waals surface area (Å²) in [5.74, 6) is 0.645. The van der Waals surface area contributed by atoms with Gasteiger partial charge in [-0.15, -0.1) is 0 Å². The zero-order chi connectivity index (χ0) is 15.1. The molecule has 0 fully saturated rings. The molecule has 1 aromatic carbocycles. The van der Waals surface area contributed by atoms with Gasteiger partial charge in [0.2, 0.25) is 0 Å². The highest BCUT2D eigenvalue weighted by molar-refractivity contribution is 9.10. The number of furan rings is 1. The van der Waals surface area contributed by atoms with Gasteiger partial charge in [-0.2, -0.15) is 0 Å². The first kappa shape index (κ1) is 16.1. The second kappa shape index (κ2) is 8.22. The summed E-state index contributed by atoms with van der Waals surface area (Å²) in [5.41, 5.74) is 0.533. The van der Waals surface area contributed by atoms with Crippen LogP contribution >= 0.6 is 27.5 Å². The van der Waals surface area contributed by atoms with E-state index < -0.39 is 0 Å². The lowest BCUT2D eigenvalue weighted by molar-refractivity contribution is 0.0917. The van der Waals surface area contributed by atoms with Gasteiger partial charge in [0, 0.05) is 28.2 Å². The summed E-state index contributed by atoms with van der Waals surface area (Å²) >= 11 is 9.22. The number of carbonyl (C=O) groups is 1. The van der Waals surface area contributed by atoms with E-state index in [2.05, 4.69) is 21.2 Å². The number of benzene rings is 1. The van der Waals surface area contributed by atoms with E-state index >= 15 is 0 Å². The fourth-order valence-electron chi connectivity index (χ4n) is 1.73. The van der Waals surface area contributed by atoms with E-state index in [1.807, 2.05) is 12.1 Å². The molecule has 6 heteroatoms. The van der Waals surface area contributed by atoms with Gasteiger partial charge < -0.3 is 14.5 Å². The van der Waals surface area contributed by atoms with Crippen LogP contribution in [-0.2, 0) is 11.3 Å². The summed E-state index contributed by atoms with van der Waals surface area (Å²) < 4.78 is 11.4. The minimum Gasteiger partial charge on any atom is -0.467 e. The molecule has 2 rings (SSSR count). The quantitative estimate of drug-likeness (QED) is 0.747. The highest BCUT2D eigenvalue weighted by Crippen LogP contribution is 2.19. The number of hydrogen-bond acceptors (Lipinski definition) is 3. The predicted octanol–water partition coefficient (Wildman–Crippen LogP) is 4.03. The van der Waals surface area contributed by atoms with E-state index in [4.69, 9.17) is 20.8 Å². The van der Waals surface area contributed by atoms with Gasteiger partial charge in [0.25, 0.3) is 5.91 Å². The fraction of sp³-hybridized carbons (Fsp3) is 0.267. The molecule has 0 aliphatic carbocycles. The number of rotatable bonds is 7. The molecule has 0 unspecified atom stereocenters. The van der Waals surface area contributed by atoms with Crippen molar-refractivity contribution >= 4 is 33.4 Å². The van der Waals surface area contributed by atoms with Gasteiger partial charge in [-0.05, 0) is 36.8 Å². The number of hydrogen-bond donors (Lipinski definition) is 1. The Balaban J connectivity index is 1.65. The monoisotopic (exact) mass is 371 g/mol. The Morgan fingerprint density at radius 1 is 1.38 bits per heavy atom. The Hall–Kier alpha value is -1.30. The Bertz CT molecular complexity index is 566. The van der Waals surface area contributed by atoms with Crippen molar-refractivity contribution in [1.29, 1.82) is 0 Å². The second-order valence-corrected chi connectivity index (χ2v) is 5.75. The zero-order valence-corrected chi connectivity index (χ0v) is 13.6. The Kier molecular flexibility index (Phi) is 6.29. The van der Waals surface area contributed by atoms with Crippen molar-refractivity contribution in [1.82, 2.24) is 5.32 Å². The molecule has 0 spiro atoms. The minimum atomic E-state index is -0.149. The molecule has 112 valence electrons. The molecule has 0 saturated carbocycles. The third kappa shape index (κ3) is 5.53. The van der Waals surface area contributed by atoms with E-state index in [-0.39, 0.29) is 5.91 Å². The van der Waals surface area contributed by atoms with Crippen molar-refractivity contribution in [2.45, 2.75) is 13.0 Å². The first-order chi connectivity index (χ1) is 10.1. The first-order valence-corrected chi connectivity index (χ1v) is 7.66. The van der Waals surface area contributed by atoms with Crippen LogP contribution in [0.4, 0.5) is 0 Å². The lowest BCUT2D eigenvalue weighted by atomic mass is 10.2. The molecule has 0 saturated heterocycles. The highest BCUT2D eigenvalue weighted by Gasteiger charge is 2.07. The normalized spacial score (nSPS) is 10.6. The van der Waals surface area contributed by atoms with Gasteiger partial charge in [-0.3, -0.25) is 4.79 Å². The maximum atomic E-state index is 11.9. The van der Waals surface area contributed by atoms with Gasteiger partial charge >= 0.3 is 0 Å². The predicted molar refractivity (Wildman–Crippen MR) is 84.5 cm³/mol.